The van der Waals surface area contributed by atoms with Gasteiger partial charge in [-0.05, 0) is 32.9 Å². The van der Waals surface area contributed by atoms with Crippen molar-refractivity contribution in [3.8, 4) is 0 Å². The van der Waals surface area contributed by atoms with E-state index in [1.54, 1.807) is 0 Å². The van der Waals surface area contributed by atoms with Crippen LogP contribution in [0.2, 0.25) is 0 Å². The second kappa shape index (κ2) is 7.68. The predicted molar refractivity (Wildman–Crippen MR) is 70.5 cm³/mol. The third kappa shape index (κ3) is 4.87. The Morgan fingerprint density at radius 2 is 1.35 bits per heavy atom. The molecule has 1 aromatic carbocycles. The van der Waals surface area contributed by atoms with Crippen molar-refractivity contribution in [1.29, 1.82) is 0 Å². The molecule has 2 N–H and O–H groups in total. The van der Waals surface area contributed by atoms with Crippen LogP contribution in [-0.4, -0.2) is 36.0 Å². The van der Waals surface area contributed by atoms with Crippen molar-refractivity contribution >= 4 is 11.8 Å². The summed E-state index contributed by atoms with van der Waals surface area (Å²) < 4.78 is 1.10. The molecule has 0 spiro atoms. The third-order valence-corrected chi connectivity index (χ3v) is 3.12. The summed E-state index contributed by atoms with van der Waals surface area (Å²) in [6, 6.07) is 10.8. The maximum atomic E-state index is 8.56. The van der Waals surface area contributed by atoms with Crippen LogP contribution in [0.25, 0.3) is 0 Å². The average Bonchev–Trinajstić information content (AvgIpc) is 2.33. The number of hydrogen-bond donors (Lipinski definition) is 2. The fourth-order valence-electron chi connectivity index (χ4n) is 1.96. The lowest BCUT2D eigenvalue weighted by atomic mass is 10.2. The van der Waals surface area contributed by atoms with Gasteiger partial charge in [-0.25, -0.2) is 4.79 Å². The van der Waals surface area contributed by atoms with E-state index in [2.05, 4.69) is 51.1 Å². The van der Waals surface area contributed by atoms with Crippen molar-refractivity contribution < 1.29 is 15.0 Å². The molecule has 0 radical (unpaired) electrons. The van der Waals surface area contributed by atoms with E-state index in [4.69, 9.17) is 15.0 Å². The Kier molecular flexibility index (Phi) is 6.98. The Morgan fingerprint density at radius 1 is 1.00 bits per heavy atom. The summed E-state index contributed by atoms with van der Waals surface area (Å²) in [7, 11) is 0. The number of hydrogen-bond acceptors (Lipinski definition) is 1. The van der Waals surface area contributed by atoms with Crippen molar-refractivity contribution in [3.63, 3.8) is 0 Å². The van der Waals surface area contributed by atoms with E-state index >= 15 is 0 Å². The molecule has 0 aromatic heterocycles. The highest BCUT2D eigenvalue weighted by Crippen LogP contribution is 2.21. The van der Waals surface area contributed by atoms with Crippen molar-refractivity contribution in [2.45, 2.75) is 20.8 Å². The fraction of sp³-hybridized carbons (Fsp3) is 0.462. The largest absolute Gasteiger partial charge is 0.503 e. The molecule has 0 saturated heterocycles. The minimum atomic E-state index is -1.83. The molecule has 96 valence electrons. The predicted octanol–water partition coefficient (Wildman–Crippen LogP) is 3.28. The molecule has 4 nitrogen and oxygen atoms in total. The second-order valence-electron chi connectivity index (χ2n) is 3.71. The molecule has 0 fully saturated rings. The maximum Gasteiger partial charge on any atom is 0.503 e. The summed E-state index contributed by atoms with van der Waals surface area (Å²) in [4.78, 5) is 8.56. The SMILES string of the molecule is CC[N+](CC)(CC)c1ccccc1.O=C(O)O. The summed E-state index contributed by atoms with van der Waals surface area (Å²) in [5.74, 6) is 0. The first-order valence-corrected chi connectivity index (χ1v) is 5.86. The molecule has 0 heterocycles. The summed E-state index contributed by atoms with van der Waals surface area (Å²) in [5, 5.41) is 13.9. The quantitative estimate of drug-likeness (QED) is 0.794. The van der Waals surface area contributed by atoms with Crippen LogP contribution in [0.1, 0.15) is 20.8 Å². The average molecular weight is 240 g/mol. The normalized spacial score (nSPS) is 10.3. The van der Waals surface area contributed by atoms with Gasteiger partial charge in [-0.15, -0.1) is 0 Å². The molecule has 1 rings (SSSR count). The van der Waals surface area contributed by atoms with E-state index in [9.17, 15) is 0 Å². The van der Waals surface area contributed by atoms with Gasteiger partial charge in [0.2, 0.25) is 0 Å². The first-order chi connectivity index (χ1) is 8.02. The molecule has 4 heteroatoms. The Morgan fingerprint density at radius 3 is 1.65 bits per heavy atom. The van der Waals surface area contributed by atoms with Crippen LogP contribution in [0.4, 0.5) is 10.5 Å². The molecule has 17 heavy (non-hydrogen) atoms. The third-order valence-electron chi connectivity index (χ3n) is 3.12. The first kappa shape index (κ1) is 15.4. The number of benzene rings is 1. The molecule has 0 aliphatic carbocycles. The summed E-state index contributed by atoms with van der Waals surface area (Å²) in [5.41, 5.74) is 1.44. The van der Waals surface area contributed by atoms with E-state index in [1.165, 1.54) is 25.3 Å². The zero-order chi connectivity index (χ0) is 13.3. The first-order valence-electron chi connectivity index (χ1n) is 5.86. The van der Waals surface area contributed by atoms with Crippen molar-refractivity contribution in [1.82, 2.24) is 4.48 Å². The number of quaternary nitrogens is 1. The Bertz CT molecular complexity index is 308. The second-order valence-corrected chi connectivity index (χ2v) is 3.71. The van der Waals surface area contributed by atoms with Crippen LogP contribution >= 0.6 is 0 Å². The van der Waals surface area contributed by atoms with Crippen LogP contribution in [0.3, 0.4) is 0 Å². The highest BCUT2D eigenvalue weighted by molar-refractivity contribution is 5.53. The van der Waals surface area contributed by atoms with Gasteiger partial charge in [0.15, 0.2) is 0 Å². The monoisotopic (exact) mass is 240 g/mol. The summed E-state index contributed by atoms with van der Waals surface area (Å²) in [6.45, 7) is 10.3. The van der Waals surface area contributed by atoms with Crippen LogP contribution in [-0.2, 0) is 0 Å². The minimum Gasteiger partial charge on any atom is -0.450 e. The molecule has 0 saturated carbocycles. The zero-order valence-corrected chi connectivity index (χ0v) is 10.8. The Balaban J connectivity index is 0.000000557. The molecule has 0 aliphatic heterocycles. The lowest BCUT2D eigenvalue weighted by Gasteiger charge is -2.35. The molecular formula is C13H22NO3+. The Hall–Kier alpha value is -1.55. The number of nitrogens with zero attached hydrogens (tertiary/aromatic N) is 1. The standard InChI is InChI=1S/C12H20N.CH2O3/c1-4-13(5-2,6-3)12-10-8-7-9-11-12;2-1(3)4/h7-11H,4-6H2,1-3H3;(H2,2,3,4)/q+1;. The molecule has 0 unspecified atom stereocenters. The van der Waals surface area contributed by atoms with Gasteiger partial charge in [-0.1, -0.05) is 18.2 Å². The van der Waals surface area contributed by atoms with Gasteiger partial charge < -0.3 is 10.2 Å². The lowest BCUT2D eigenvalue weighted by Crippen LogP contribution is -2.48. The highest BCUT2D eigenvalue weighted by Gasteiger charge is 2.23. The molecule has 0 atom stereocenters. The summed E-state index contributed by atoms with van der Waals surface area (Å²) >= 11 is 0. The van der Waals surface area contributed by atoms with E-state index in [1.807, 2.05) is 0 Å². The number of carboxylic acid groups (broad SMARTS) is 2. The van der Waals surface area contributed by atoms with Crippen LogP contribution in [0, 0.1) is 0 Å². The van der Waals surface area contributed by atoms with Crippen LogP contribution in [0.15, 0.2) is 30.3 Å². The van der Waals surface area contributed by atoms with E-state index in [-0.39, 0.29) is 0 Å². The van der Waals surface area contributed by atoms with Gasteiger partial charge in [0.25, 0.3) is 0 Å². The van der Waals surface area contributed by atoms with Gasteiger partial charge in [0.05, 0.1) is 19.6 Å². The zero-order valence-electron chi connectivity index (χ0n) is 10.8. The number of rotatable bonds is 4. The molecule has 1 aromatic rings. The van der Waals surface area contributed by atoms with Crippen LogP contribution in [0.5, 0.6) is 0 Å². The Labute approximate surface area is 103 Å². The smallest absolute Gasteiger partial charge is 0.450 e. The minimum absolute atomic E-state index is 1.10. The van der Waals surface area contributed by atoms with Crippen molar-refractivity contribution in [2.75, 3.05) is 19.6 Å². The van der Waals surface area contributed by atoms with Crippen LogP contribution < -0.4 is 4.48 Å². The van der Waals surface area contributed by atoms with Gasteiger partial charge in [-0.2, -0.15) is 0 Å². The topological polar surface area (TPSA) is 57.5 Å². The summed E-state index contributed by atoms with van der Waals surface area (Å²) in [6.07, 6.45) is -1.83. The van der Waals surface area contributed by atoms with E-state index in [0.29, 0.717) is 0 Å². The van der Waals surface area contributed by atoms with Gasteiger partial charge >= 0.3 is 6.16 Å². The van der Waals surface area contributed by atoms with Gasteiger partial charge in [0, 0.05) is 0 Å². The van der Waals surface area contributed by atoms with Crippen molar-refractivity contribution in [2.24, 2.45) is 0 Å². The van der Waals surface area contributed by atoms with E-state index in [0.717, 1.165) is 4.48 Å². The molecule has 0 amide bonds. The number of para-hydroxylation sites is 1. The lowest BCUT2D eigenvalue weighted by molar-refractivity contribution is 0.137. The van der Waals surface area contributed by atoms with Crippen molar-refractivity contribution in [3.05, 3.63) is 30.3 Å². The molecule has 0 aliphatic rings. The van der Waals surface area contributed by atoms with Gasteiger partial charge in [0.1, 0.15) is 5.69 Å². The molecular weight excluding hydrogens is 218 g/mol. The van der Waals surface area contributed by atoms with Gasteiger partial charge in [-0.3, -0.25) is 4.48 Å². The maximum absolute atomic E-state index is 8.56. The fourth-order valence-corrected chi connectivity index (χ4v) is 1.96. The number of carbonyl (C=O) groups is 1. The highest BCUT2D eigenvalue weighted by atomic mass is 16.6. The molecule has 0 bridgehead atoms. The van der Waals surface area contributed by atoms with E-state index < -0.39 is 6.16 Å².